The Hall–Kier alpha value is -0.660. The van der Waals surface area contributed by atoms with E-state index in [1.165, 1.54) is 18.3 Å². The number of ether oxygens (including phenoxy) is 1. The molecule has 0 aromatic rings. The molecule has 1 heterocycles. The quantitative estimate of drug-likeness (QED) is 0.714. The third-order valence-electron chi connectivity index (χ3n) is 3.32. The lowest BCUT2D eigenvalue weighted by molar-refractivity contribution is -0.139. The first-order valence-corrected chi connectivity index (χ1v) is 7.68. The summed E-state index contributed by atoms with van der Waals surface area (Å²) in [6, 6.07) is -0.0687. The highest BCUT2D eigenvalue weighted by atomic mass is 32.2. The van der Waals surface area contributed by atoms with Crippen molar-refractivity contribution in [2.45, 2.75) is 37.5 Å². The summed E-state index contributed by atoms with van der Waals surface area (Å²) in [4.78, 5) is 11.4. The molecule has 1 aliphatic heterocycles. The number of likely N-dealkylation sites (N-methyl/N-ethyl adjacent to an activating group) is 1. The van der Waals surface area contributed by atoms with Crippen molar-refractivity contribution in [3.05, 3.63) is 0 Å². The van der Waals surface area contributed by atoms with Crippen LogP contribution in [-0.2, 0) is 19.6 Å². The summed E-state index contributed by atoms with van der Waals surface area (Å²) in [7, 11) is -0.627. The van der Waals surface area contributed by atoms with E-state index in [-0.39, 0.29) is 6.04 Å². The summed E-state index contributed by atoms with van der Waals surface area (Å²) in [6.45, 7) is 2.47. The molecule has 18 heavy (non-hydrogen) atoms. The topological polar surface area (TPSA) is 75.7 Å². The fraction of sp³-hybridized carbons (Fsp3) is 0.909. The summed E-state index contributed by atoms with van der Waals surface area (Å²) in [6.07, 6.45) is 2.69. The van der Waals surface area contributed by atoms with Crippen molar-refractivity contribution in [3.63, 3.8) is 0 Å². The second kappa shape index (κ2) is 6.49. The molecule has 2 unspecified atom stereocenters. The number of methoxy groups -OCH3 is 1. The number of hydrogen-bond donors (Lipinski definition) is 1. The van der Waals surface area contributed by atoms with E-state index in [0.717, 1.165) is 19.3 Å². The van der Waals surface area contributed by atoms with E-state index in [1.54, 1.807) is 7.05 Å². The average molecular weight is 278 g/mol. The average Bonchev–Trinajstić information content (AvgIpc) is 2.37. The Bertz CT molecular complexity index is 381. The molecule has 1 aliphatic rings. The predicted molar refractivity (Wildman–Crippen MR) is 68.7 cm³/mol. The molecule has 0 aliphatic carbocycles. The van der Waals surface area contributed by atoms with Crippen LogP contribution >= 0.6 is 0 Å². The molecule has 0 spiro atoms. The Morgan fingerprint density at radius 1 is 1.50 bits per heavy atom. The van der Waals surface area contributed by atoms with E-state index >= 15 is 0 Å². The van der Waals surface area contributed by atoms with Gasteiger partial charge in [-0.15, -0.1) is 0 Å². The van der Waals surface area contributed by atoms with Gasteiger partial charge in [0.1, 0.15) is 0 Å². The highest BCUT2D eigenvalue weighted by Gasteiger charge is 2.39. The van der Waals surface area contributed by atoms with Crippen molar-refractivity contribution < 1.29 is 17.9 Å². The monoisotopic (exact) mass is 278 g/mol. The fourth-order valence-corrected chi connectivity index (χ4v) is 3.96. The Labute approximate surface area is 109 Å². The van der Waals surface area contributed by atoms with Gasteiger partial charge >= 0.3 is 5.97 Å². The maximum atomic E-state index is 12.4. The maximum Gasteiger partial charge on any atom is 0.325 e. The van der Waals surface area contributed by atoms with Gasteiger partial charge in [0.05, 0.1) is 7.11 Å². The van der Waals surface area contributed by atoms with Crippen molar-refractivity contribution in [2.75, 3.05) is 27.2 Å². The van der Waals surface area contributed by atoms with Crippen molar-refractivity contribution in [3.8, 4) is 0 Å². The minimum Gasteiger partial charge on any atom is -0.468 e. The molecule has 0 saturated carbocycles. The zero-order chi connectivity index (χ0) is 13.8. The van der Waals surface area contributed by atoms with E-state index in [1.807, 2.05) is 0 Å². The number of sulfonamides is 1. The third kappa shape index (κ3) is 3.21. The van der Waals surface area contributed by atoms with Crippen LogP contribution in [0.4, 0.5) is 0 Å². The number of nitrogens with one attached hydrogen (secondary N) is 1. The number of carbonyl (C=O) groups excluding carboxylic acids is 1. The lowest BCUT2D eigenvalue weighted by atomic mass is 10.1. The first-order valence-electron chi connectivity index (χ1n) is 6.18. The highest BCUT2D eigenvalue weighted by Crippen LogP contribution is 2.23. The van der Waals surface area contributed by atoms with Crippen LogP contribution in [0.3, 0.4) is 0 Å². The number of hydrogen-bond acceptors (Lipinski definition) is 5. The van der Waals surface area contributed by atoms with Gasteiger partial charge in [-0.25, -0.2) is 8.42 Å². The van der Waals surface area contributed by atoms with Gasteiger partial charge in [0.25, 0.3) is 0 Å². The molecule has 1 saturated heterocycles. The van der Waals surface area contributed by atoms with Gasteiger partial charge in [-0.05, 0) is 26.8 Å². The molecule has 0 amide bonds. The first-order chi connectivity index (χ1) is 8.45. The Balaban J connectivity index is 2.90. The SMILES string of the molecule is CNCC1CCCCN1S(=O)(=O)C(C)C(=O)OC. The van der Waals surface area contributed by atoms with Crippen molar-refractivity contribution in [1.29, 1.82) is 0 Å². The molecular formula is C11H22N2O4S. The fourth-order valence-electron chi connectivity index (χ4n) is 2.24. The molecule has 1 N–H and O–H groups in total. The zero-order valence-corrected chi connectivity index (χ0v) is 12.0. The van der Waals surface area contributed by atoms with E-state index in [4.69, 9.17) is 0 Å². The van der Waals surface area contributed by atoms with Crippen molar-refractivity contribution >= 4 is 16.0 Å². The summed E-state index contributed by atoms with van der Waals surface area (Å²) in [5.74, 6) is -0.705. The molecule has 6 nitrogen and oxygen atoms in total. The van der Waals surface area contributed by atoms with Crippen LogP contribution < -0.4 is 5.32 Å². The number of rotatable bonds is 5. The minimum absolute atomic E-state index is 0.0687. The van der Waals surface area contributed by atoms with Crippen LogP contribution in [0.1, 0.15) is 26.2 Å². The second-order valence-corrected chi connectivity index (χ2v) is 6.73. The number of piperidine rings is 1. The summed E-state index contributed by atoms with van der Waals surface area (Å²) in [5.41, 5.74) is 0. The predicted octanol–water partition coefficient (Wildman–Crippen LogP) is -0.0484. The molecule has 0 aromatic heterocycles. The molecule has 106 valence electrons. The van der Waals surface area contributed by atoms with E-state index < -0.39 is 21.2 Å². The van der Waals surface area contributed by atoms with Crippen LogP contribution in [0.25, 0.3) is 0 Å². The lowest BCUT2D eigenvalue weighted by Gasteiger charge is -2.35. The Kier molecular flexibility index (Phi) is 5.55. The minimum atomic E-state index is -3.63. The van der Waals surface area contributed by atoms with Crippen LogP contribution in [-0.4, -0.2) is 57.2 Å². The van der Waals surface area contributed by atoms with Crippen LogP contribution in [0.15, 0.2) is 0 Å². The standard InChI is InChI=1S/C11H22N2O4S/c1-9(11(14)17-3)18(15,16)13-7-5-4-6-10(13)8-12-2/h9-10,12H,4-8H2,1-3H3. The Morgan fingerprint density at radius 2 is 2.17 bits per heavy atom. The summed E-state index contributed by atoms with van der Waals surface area (Å²) in [5, 5.41) is 1.86. The first kappa shape index (κ1) is 15.4. The van der Waals surface area contributed by atoms with Crippen molar-refractivity contribution in [1.82, 2.24) is 9.62 Å². The summed E-state index contributed by atoms with van der Waals surface area (Å²) < 4.78 is 30.7. The normalized spacial score (nSPS) is 23.6. The molecule has 0 bridgehead atoms. The second-order valence-electron chi connectivity index (χ2n) is 4.53. The van der Waals surface area contributed by atoms with Gasteiger partial charge in [0.2, 0.25) is 10.0 Å². The number of carbonyl (C=O) groups is 1. The lowest BCUT2D eigenvalue weighted by Crippen LogP contribution is -2.52. The highest BCUT2D eigenvalue weighted by molar-refractivity contribution is 7.90. The van der Waals surface area contributed by atoms with Crippen LogP contribution in [0, 0.1) is 0 Å². The molecule has 1 rings (SSSR count). The van der Waals surface area contributed by atoms with E-state index in [2.05, 4.69) is 10.1 Å². The van der Waals surface area contributed by atoms with Gasteiger partial charge in [0.15, 0.2) is 5.25 Å². The molecule has 7 heteroatoms. The molecular weight excluding hydrogens is 256 g/mol. The smallest absolute Gasteiger partial charge is 0.325 e. The van der Waals surface area contributed by atoms with Crippen molar-refractivity contribution in [2.24, 2.45) is 0 Å². The summed E-state index contributed by atoms with van der Waals surface area (Å²) >= 11 is 0. The van der Waals surface area contributed by atoms with Gasteiger partial charge in [-0.2, -0.15) is 4.31 Å². The number of nitrogens with zero attached hydrogens (tertiary/aromatic N) is 1. The molecule has 0 aromatic carbocycles. The largest absolute Gasteiger partial charge is 0.468 e. The van der Waals surface area contributed by atoms with Crippen LogP contribution in [0.5, 0.6) is 0 Å². The van der Waals surface area contributed by atoms with Gasteiger partial charge in [0, 0.05) is 19.1 Å². The van der Waals surface area contributed by atoms with Gasteiger partial charge < -0.3 is 10.1 Å². The third-order valence-corrected chi connectivity index (χ3v) is 5.54. The van der Waals surface area contributed by atoms with E-state index in [9.17, 15) is 13.2 Å². The van der Waals surface area contributed by atoms with Crippen LogP contribution in [0.2, 0.25) is 0 Å². The Morgan fingerprint density at radius 3 is 2.72 bits per heavy atom. The van der Waals surface area contributed by atoms with E-state index in [0.29, 0.717) is 13.1 Å². The molecule has 1 fully saturated rings. The molecule has 0 radical (unpaired) electrons. The van der Waals surface area contributed by atoms with Gasteiger partial charge in [-0.3, -0.25) is 4.79 Å². The number of esters is 1. The van der Waals surface area contributed by atoms with Gasteiger partial charge in [-0.1, -0.05) is 6.42 Å². The molecule has 2 atom stereocenters. The zero-order valence-electron chi connectivity index (χ0n) is 11.2. The maximum absolute atomic E-state index is 12.4.